The van der Waals surface area contributed by atoms with Crippen molar-refractivity contribution in [3.8, 4) is 0 Å². The van der Waals surface area contributed by atoms with Crippen LogP contribution in [0, 0.1) is 6.92 Å². The van der Waals surface area contributed by atoms with Crippen LogP contribution in [0.15, 0.2) is 4.79 Å². The second-order valence-corrected chi connectivity index (χ2v) is 7.49. The summed E-state index contributed by atoms with van der Waals surface area (Å²) in [4.78, 5) is 25.5. The topological polar surface area (TPSA) is 74.1 Å². The Kier molecular flexibility index (Phi) is 4.39. The van der Waals surface area contributed by atoms with E-state index >= 15 is 0 Å². The van der Waals surface area contributed by atoms with Gasteiger partial charge in [0.1, 0.15) is 10.0 Å². The highest BCUT2D eigenvalue weighted by Crippen LogP contribution is 2.34. The van der Waals surface area contributed by atoms with E-state index in [1.54, 1.807) is 11.5 Å². The van der Waals surface area contributed by atoms with Crippen LogP contribution in [-0.2, 0) is 22.5 Å². The predicted molar refractivity (Wildman–Crippen MR) is 84.6 cm³/mol. The molecule has 2 heterocycles. The summed E-state index contributed by atoms with van der Waals surface area (Å²) < 4.78 is 6.86. The van der Waals surface area contributed by atoms with Gasteiger partial charge < -0.3 is 4.74 Å². The highest BCUT2D eigenvalue weighted by atomic mass is 32.1. The van der Waals surface area contributed by atoms with E-state index in [4.69, 9.17) is 4.74 Å². The number of rotatable bonds is 4. The first-order chi connectivity index (χ1) is 10.6. The maximum Gasteiger partial charge on any atom is 0.314 e. The fourth-order valence-electron chi connectivity index (χ4n) is 2.79. The van der Waals surface area contributed by atoms with Gasteiger partial charge in [0.25, 0.3) is 0 Å². The zero-order chi connectivity index (χ0) is 15.7. The van der Waals surface area contributed by atoms with E-state index in [0.717, 1.165) is 39.8 Å². The van der Waals surface area contributed by atoms with Crippen molar-refractivity contribution in [1.29, 1.82) is 0 Å². The fourth-order valence-corrected chi connectivity index (χ4v) is 4.57. The van der Waals surface area contributed by atoms with Crippen molar-refractivity contribution in [2.24, 2.45) is 0 Å². The van der Waals surface area contributed by atoms with E-state index in [1.165, 1.54) is 22.7 Å². The molecule has 0 saturated heterocycles. The van der Waals surface area contributed by atoms with Gasteiger partial charge in [-0.3, -0.25) is 14.2 Å². The van der Waals surface area contributed by atoms with E-state index in [0.29, 0.717) is 13.2 Å². The lowest BCUT2D eigenvalue weighted by Crippen LogP contribution is -2.26. The van der Waals surface area contributed by atoms with E-state index in [2.05, 4.69) is 10.2 Å². The monoisotopic (exact) mass is 339 g/mol. The Morgan fingerprint density at radius 1 is 1.41 bits per heavy atom. The van der Waals surface area contributed by atoms with Crippen LogP contribution in [0.1, 0.15) is 46.3 Å². The van der Waals surface area contributed by atoms with Crippen molar-refractivity contribution in [3.05, 3.63) is 30.3 Å². The van der Waals surface area contributed by atoms with Gasteiger partial charge in [0, 0.05) is 10.6 Å². The Labute approximate surface area is 135 Å². The molecule has 118 valence electrons. The third-order valence-corrected chi connectivity index (χ3v) is 5.54. The molecular weight excluding hydrogens is 322 g/mol. The van der Waals surface area contributed by atoms with Gasteiger partial charge in [-0.2, -0.15) is 0 Å². The smallest absolute Gasteiger partial charge is 0.314 e. The molecule has 3 rings (SSSR count). The first kappa shape index (κ1) is 15.4. The van der Waals surface area contributed by atoms with Crippen LogP contribution in [0.3, 0.4) is 0 Å². The highest BCUT2D eigenvalue weighted by molar-refractivity contribution is 7.11. The number of hydrogen-bond donors (Lipinski definition) is 0. The lowest BCUT2D eigenvalue weighted by molar-refractivity contribution is -0.145. The molecule has 0 N–H and O–H groups in total. The zero-order valence-corrected chi connectivity index (χ0v) is 14.1. The molecule has 2 aromatic heterocycles. The molecule has 1 aliphatic rings. The number of fused-ring (bicyclic) bond motifs is 1. The van der Waals surface area contributed by atoms with Gasteiger partial charge in [0.2, 0.25) is 0 Å². The molecule has 0 saturated carbocycles. The Bertz CT molecular complexity index is 747. The molecule has 0 radical (unpaired) electrons. The van der Waals surface area contributed by atoms with Gasteiger partial charge in [0.15, 0.2) is 0 Å². The second-order valence-electron chi connectivity index (χ2n) is 5.17. The fraction of sp³-hybridized carbons (Fsp3) is 0.571. The van der Waals surface area contributed by atoms with Gasteiger partial charge in [0.05, 0.1) is 19.1 Å². The van der Waals surface area contributed by atoms with Crippen LogP contribution in [0.2, 0.25) is 0 Å². The second kappa shape index (κ2) is 6.29. The van der Waals surface area contributed by atoms with Gasteiger partial charge in [-0.25, -0.2) is 0 Å². The van der Waals surface area contributed by atoms with E-state index in [9.17, 15) is 9.59 Å². The van der Waals surface area contributed by atoms with Gasteiger partial charge >= 0.3 is 10.8 Å². The first-order valence-electron chi connectivity index (χ1n) is 7.28. The number of hydrogen-bond acceptors (Lipinski definition) is 7. The summed E-state index contributed by atoms with van der Waals surface area (Å²) in [5.74, 6) is -0.569. The predicted octanol–water partition coefficient (Wildman–Crippen LogP) is 2.10. The van der Waals surface area contributed by atoms with Crippen LogP contribution < -0.4 is 4.87 Å². The van der Waals surface area contributed by atoms with Crippen LogP contribution in [0.5, 0.6) is 0 Å². The average Bonchev–Trinajstić information content (AvgIpc) is 3.03. The van der Waals surface area contributed by atoms with Crippen LogP contribution >= 0.6 is 22.7 Å². The summed E-state index contributed by atoms with van der Waals surface area (Å²) in [5, 5.41) is 9.73. The maximum atomic E-state index is 12.3. The zero-order valence-electron chi connectivity index (χ0n) is 12.5. The van der Waals surface area contributed by atoms with E-state index in [1.807, 2.05) is 6.92 Å². The van der Waals surface area contributed by atoms with Crippen molar-refractivity contribution in [1.82, 2.24) is 14.8 Å². The first-order valence-corrected chi connectivity index (χ1v) is 8.91. The number of thiazole rings is 1. The Hall–Kier alpha value is -1.54. The SMILES string of the molecule is CCOC(=O)C1CCCc2sc(=O)n(Cc3nnc(C)s3)c21. The summed E-state index contributed by atoms with van der Waals surface area (Å²) in [6.07, 6.45) is 2.50. The summed E-state index contributed by atoms with van der Waals surface area (Å²) in [6, 6.07) is 0. The number of carbonyl (C=O) groups is 1. The Balaban J connectivity index is 1.99. The van der Waals surface area contributed by atoms with Gasteiger partial charge in [-0.05, 0) is 33.1 Å². The van der Waals surface area contributed by atoms with Crippen LogP contribution in [0.4, 0.5) is 0 Å². The van der Waals surface area contributed by atoms with Gasteiger partial charge in [-0.15, -0.1) is 10.2 Å². The lowest BCUT2D eigenvalue weighted by atomic mass is 9.91. The van der Waals surface area contributed by atoms with Gasteiger partial charge in [-0.1, -0.05) is 22.7 Å². The molecule has 0 bridgehead atoms. The largest absolute Gasteiger partial charge is 0.465 e. The molecule has 0 fully saturated rings. The van der Waals surface area contributed by atoms with Crippen LogP contribution in [0.25, 0.3) is 0 Å². The van der Waals surface area contributed by atoms with Crippen molar-refractivity contribution < 1.29 is 9.53 Å². The molecule has 8 heteroatoms. The third kappa shape index (κ3) is 2.85. The molecule has 0 aromatic carbocycles. The number of carbonyl (C=O) groups excluding carboxylic acids is 1. The van der Waals surface area contributed by atoms with Crippen molar-refractivity contribution in [2.75, 3.05) is 6.61 Å². The average molecular weight is 339 g/mol. The molecule has 22 heavy (non-hydrogen) atoms. The van der Waals surface area contributed by atoms with Crippen molar-refractivity contribution in [3.63, 3.8) is 0 Å². The third-order valence-electron chi connectivity index (χ3n) is 3.67. The summed E-state index contributed by atoms with van der Waals surface area (Å²) >= 11 is 2.71. The number of ether oxygens (including phenoxy) is 1. The molecule has 0 aliphatic heterocycles. The minimum Gasteiger partial charge on any atom is -0.465 e. The minimum atomic E-state index is -0.336. The number of esters is 1. The normalized spacial score (nSPS) is 17.3. The maximum absolute atomic E-state index is 12.3. The Morgan fingerprint density at radius 2 is 2.23 bits per heavy atom. The standard InChI is InChI=1S/C14H17N3O3S2/c1-3-20-13(18)9-5-4-6-10-12(9)17(14(19)22-10)7-11-16-15-8(2)21-11/h9H,3-7H2,1-2H3. The number of aromatic nitrogens is 3. The molecule has 1 atom stereocenters. The Morgan fingerprint density at radius 3 is 2.91 bits per heavy atom. The highest BCUT2D eigenvalue weighted by Gasteiger charge is 2.33. The quantitative estimate of drug-likeness (QED) is 0.798. The molecule has 1 unspecified atom stereocenters. The molecule has 2 aromatic rings. The summed E-state index contributed by atoms with van der Waals surface area (Å²) in [5.41, 5.74) is 0.826. The lowest BCUT2D eigenvalue weighted by Gasteiger charge is -2.22. The molecule has 0 amide bonds. The van der Waals surface area contributed by atoms with E-state index < -0.39 is 0 Å². The summed E-state index contributed by atoms with van der Waals surface area (Å²) in [7, 11) is 0. The molecule has 1 aliphatic carbocycles. The minimum absolute atomic E-state index is 0.0333. The van der Waals surface area contributed by atoms with Crippen LogP contribution in [-0.4, -0.2) is 27.3 Å². The summed E-state index contributed by atoms with van der Waals surface area (Å²) in [6.45, 7) is 4.42. The van der Waals surface area contributed by atoms with Crippen molar-refractivity contribution >= 4 is 28.6 Å². The van der Waals surface area contributed by atoms with Crippen molar-refractivity contribution in [2.45, 2.75) is 45.6 Å². The number of nitrogens with zero attached hydrogens (tertiary/aromatic N) is 3. The molecule has 0 spiro atoms. The molecule has 6 nitrogen and oxygen atoms in total. The molecular formula is C14H17N3O3S2. The number of aryl methyl sites for hydroxylation is 2. The van der Waals surface area contributed by atoms with E-state index in [-0.39, 0.29) is 16.8 Å².